The summed E-state index contributed by atoms with van der Waals surface area (Å²) in [5, 5.41) is 17.7. The smallest absolute Gasteiger partial charge is 0.423 e. The Morgan fingerprint density at radius 3 is 2.32 bits per heavy atom. The van der Waals surface area contributed by atoms with Gasteiger partial charge in [0.25, 0.3) is 0 Å². The van der Waals surface area contributed by atoms with Gasteiger partial charge in [-0.3, -0.25) is 4.90 Å². The second-order valence-corrected chi connectivity index (χ2v) is 4.14. The molecule has 19 heavy (non-hydrogen) atoms. The van der Waals surface area contributed by atoms with Crippen LogP contribution in [0.25, 0.3) is 0 Å². The van der Waals surface area contributed by atoms with Crippen LogP contribution in [0, 0.1) is 5.82 Å². The fourth-order valence-electron chi connectivity index (χ4n) is 1.63. The molecule has 0 bridgehead atoms. The average molecular weight is 279 g/mol. The molecule has 0 atom stereocenters. The van der Waals surface area contributed by atoms with Crippen LogP contribution >= 0.6 is 0 Å². The number of hydrogen-bond donors (Lipinski definition) is 2. The first-order valence-corrected chi connectivity index (χ1v) is 5.66. The Hall–Kier alpha value is -1.12. The highest BCUT2D eigenvalue weighted by Gasteiger charge is 2.30. The minimum Gasteiger partial charge on any atom is -0.423 e. The van der Waals surface area contributed by atoms with Crippen LogP contribution in [0.3, 0.4) is 0 Å². The molecule has 0 amide bonds. The second kappa shape index (κ2) is 6.36. The number of rotatable bonds is 5. The summed E-state index contributed by atoms with van der Waals surface area (Å²) >= 11 is 0. The van der Waals surface area contributed by atoms with E-state index < -0.39 is 25.7 Å². The number of halogens is 4. The van der Waals surface area contributed by atoms with Crippen molar-refractivity contribution in [1.29, 1.82) is 0 Å². The van der Waals surface area contributed by atoms with Gasteiger partial charge in [-0.25, -0.2) is 4.39 Å². The SMILES string of the molecule is CCN(Cc1ccc(B(O)O)cc1F)CC(F)(F)F. The quantitative estimate of drug-likeness (QED) is 0.621. The number of alkyl halides is 3. The zero-order valence-electron chi connectivity index (χ0n) is 10.3. The van der Waals surface area contributed by atoms with Crippen molar-refractivity contribution in [3.8, 4) is 0 Å². The van der Waals surface area contributed by atoms with Crippen LogP contribution in [0.5, 0.6) is 0 Å². The monoisotopic (exact) mass is 279 g/mol. The van der Waals surface area contributed by atoms with Gasteiger partial charge < -0.3 is 10.0 Å². The van der Waals surface area contributed by atoms with Crippen molar-refractivity contribution in [2.75, 3.05) is 13.1 Å². The van der Waals surface area contributed by atoms with Crippen molar-refractivity contribution in [3.63, 3.8) is 0 Å². The molecule has 2 N–H and O–H groups in total. The minimum atomic E-state index is -4.34. The molecule has 1 rings (SSSR count). The maximum absolute atomic E-state index is 13.6. The molecule has 0 aliphatic rings. The van der Waals surface area contributed by atoms with E-state index in [1.54, 1.807) is 6.92 Å². The van der Waals surface area contributed by atoms with E-state index >= 15 is 0 Å². The van der Waals surface area contributed by atoms with Gasteiger partial charge in [0, 0.05) is 12.1 Å². The first-order valence-electron chi connectivity index (χ1n) is 5.66. The lowest BCUT2D eigenvalue weighted by Gasteiger charge is -2.22. The van der Waals surface area contributed by atoms with Crippen molar-refractivity contribution in [1.82, 2.24) is 4.90 Å². The highest BCUT2D eigenvalue weighted by atomic mass is 19.4. The molecule has 1 aromatic carbocycles. The topological polar surface area (TPSA) is 43.7 Å². The van der Waals surface area contributed by atoms with Gasteiger partial charge in [-0.1, -0.05) is 19.1 Å². The molecule has 0 saturated carbocycles. The zero-order valence-corrected chi connectivity index (χ0v) is 10.3. The summed E-state index contributed by atoms with van der Waals surface area (Å²) in [5.41, 5.74) is 0.0376. The summed E-state index contributed by atoms with van der Waals surface area (Å²) < 4.78 is 50.4. The molecule has 8 heteroatoms. The van der Waals surface area contributed by atoms with E-state index in [1.807, 2.05) is 0 Å². The zero-order chi connectivity index (χ0) is 14.6. The normalized spacial score (nSPS) is 12.0. The van der Waals surface area contributed by atoms with Gasteiger partial charge in [0.15, 0.2) is 0 Å². The fraction of sp³-hybridized carbons (Fsp3) is 0.455. The third-order valence-corrected chi connectivity index (χ3v) is 2.62. The van der Waals surface area contributed by atoms with E-state index in [1.165, 1.54) is 12.1 Å². The molecule has 0 heterocycles. The molecule has 0 radical (unpaired) electrons. The Kier molecular flexibility index (Phi) is 5.33. The summed E-state index contributed by atoms with van der Waals surface area (Å²) in [5.74, 6) is -0.758. The van der Waals surface area contributed by atoms with Crippen molar-refractivity contribution in [3.05, 3.63) is 29.6 Å². The molecule has 0 saturated heterocycles. The lowest BCUT2D eigenvalue weighted by molar-refractivity contribution is -0.146. The Morgan fingerprint density at radius 1 is 1.26 bits per heavy atom. The molecule has 0 aliphatic carbocycles. The average Bonchev–Trinajstić information content (AvgIpc) is 2.28. The maximum Gasteiger partial charge on any atom is 0.488 e. The van der Waals surface area contributed by atoms with Crippen molar-refractivity contribution >= 4 is 12.6 Å². The van der Waals surface area contributed by atoms with Gasteiger partial charge in [-0.2, -0.15) is 13.2 Å². The molecule has 0 aromatic heterocycles. The Morgan fingerprint density at radius 2 is 1.89 bits per heavy atom. The van der Waals surface area contributed by atoms with Crippen LogP contribution in [-0.2, 0) is 6.54 Å². The van der Waals surface area contributed by atoms with Gasteiger partial charge in [-0.15, -0.1) is 0 Å². The second-order valence-electron chi connectivity index (χ2n) is 4.14. The van der Waals surface area contributed by atoms with Crippen LogP contribution < -0.4 is 5.46 Å². The van der Waals surface area contributed by atoms with Gasteiger partial charge >= 0.3 is 13.3 Å². The molecule has 0 spiro atoms. The van der Waals surface area contributed by atoms with E-state index in [0.717, 1.165) is 11.0 Å². The minimum absolute atomic E-state index is 0.0416. The molecule has 0 aliphatic heterocycles. The van der Waals surface area contributed by atoms with Crippen LogP contribution in [0.2, 0.25) is 0 Å². The van der Waals surface area contributed by atoms with Crippen LogP contribution in [-0.4, -0.2) is 41.3 Å². The van der Waals surface area contributed by atoms with E-state index in [2.05, 4.69) is 0 Å². The van der Waals surface area contributed by atoms with Crippen molar-refractivity contribution < 1.29 is 27.6 Å². The van der Waals surface area contributed by atoms with E-state index in [0.29, 0.717) is 0 Å². The number of nitrogens with zero attached hydrogens (tertiary/aromatic N) is 1. The van der Waals surface area contributed by atoms with E-state index in [4.69, 9.17) is 10.0 Å². The van der Waals surface area contributed by atoms with Gasteiger partial charge in [0.2, 0.25) is 0 Å². The van der Waals surface area contributed by atoms with Crippen LogP contribution in [0.4, 0.5) is 17.6 Å². The summed E-state index contributed by atoms with van der Waals surface area (Å²) in [6.07, 6.45) is -4.34. The number of hydrogen-bond acceptors (Lipinski definition) is 3. The largest absolute Gasteiger partial charge is 0.488 e. The van der Waals surface area contributed by atoms with Crippen molar-refractivity contribution in [2.45, 2.75) is 19.6 Å². The first kappa shape index (κ1) is 15.9. The van der Waals surface area contributed by atoms with E-state index in [-0.39, 0.29) is 24.1 Å². The lowest BCUT2D eigenvalue weighted by atomic mass is 9.80. The summed E-state index contributed by atoms with van der Waals surface area (Å²) in [6, 6.07) is 3.43. The highest BCUT2D eigenvalue weighted by molar-refractivity contribution is 6.58. The highest BCUT2D eigenvalue weighted by Crippen LogP contribution is 2.18. The molecule has 0 unspecified atom stereocenters. The maximum atomic E-state index is 13.6. The Balaban J connectivity index is 2.80. The Bertz CT molecular complexity index is 426. The Labute approximate surface area is 108 Å². The molecule has 1 aromatic rings. The predicted molar refractivity (Wildman–Crippen MR) is 63.2 cm³/mol. The van der Waals surface area contributed by atoms with Crippen LogP contribution in [0.15, 0.2) is 18.2 Å². The summed E-state index contributed by atoms with van der Waals surface area (Å²) in [7, 11) is -1.80. The van der Waals surface area contributed by atoms with Crippen LogP contribution in [0.1, 0.15) is 12.5 Å². The van der Waals surface area contributed by atoms with Gasteiger partial charge in [0.05, 0.1) is 6.54 Å². The molecule has 3 nitrogen and oxygen atoms in total. The third kappa shape index (κ3) is 5.18. The van der Waals surface area contributed by atoms with Gasteiger partial charge in [-0.05, 0) is 18.1 Å². The standard InChI is InChI=1S/C11H14BF4NO2/c1-2-17(7-11(14,15)16)6-8-3-4-9(12(18)19)5-10(8)13/h3-5,18-19H,2,6-7H2,1H3. The predicted octanol–water partition coefficient (Wildman–Crippen LogP) is 0.890. The third-order valence-electron chi connectivity index (χ3n) is 2.62. The van der Waals surface area contributed by atoms with Gasteiger partial charge in [0.1, 0.15) is 5.82 Å². The number of benzene rings is 1. The summed E-state index contributed by atoms with van der Waals surface area (Å²) in [4.78, 5) is 1.05. The fourth-order valence-corrected chi connectivity index (χ4v) is 1.63. The first-order chi connectivity index (χ1) is 8.73. The molecular formula is C11H14BF4NO2. The molecular weight excluding hydrogens is 265 g/mol. The molecule has 106 valence electrons. The lowest BCUT2D eigenvalue weighted by Crippen LogP contribution is -2.34. The molecule has 0 fully saturated rings. The van der Waals surface area contributed by atoms with Crippen molar-refractivity contribution in [2.24, 2.45) is 0 Å². The summed E-state index contributed by atoms with van der Waals surface area (Å²) in [6.45, 7) is 0.371. The van der Waals surface area contributed by atoms with E-state index in [9.17, 15) is 17.6 Å².